The first kappa shape index (κ1) is 15.8. The van der Waals surface area contributed by atoms with E-state index in [2.05, 4.69) is 34.9 Å². The molecule has 4 rings (SSSR count). The van der Waals surface area contributed by atoms with E-state index in [4.69, 9.17) is 0 Å². The van der Waals surface area contributed by atoms with Crippen molar-refractivity contribution in [3.05, 3.63) is 35.4 Å². The number of fused-ring (bicyclic) bond motifs is 2. The molecule has 1 aromatic carbocycles. The Bertz CT molecular complexity index is 509. The van der Waals surface area contributed by atoms with E-state index in [0.29, 0.717) is 12.1 Å². The molecule has 1 aliphatic heterocycles. The van der Waals surface area contributed by atoms with Gasteiger partial charge in [-0.05, 0) is 49.1 Å². The first-order valence-corrected chi connectivity index (χ1v) is 8.43. The molecule has 3 atom stereocenters. The molecule has 1 saturated carbocycles. The zero-order valence-corrected chi connectivity index (χ0v) is 13.7. The van der Waals surface area contributed by atoms with Crippen molar-refractivity contribution in [2.45, 2.75) is 63.1 Å². The van der Waals surface area contributed by atoms with Crippen LogP contribution in [0.3, 0.4) is 0 Å². The molecular formula is C18H25ClN2O. The van der Waals surface area contributed by atoms with Crippen LogP contribution in [0, 0.1) is 5.92 Å². The lowest BCUT2D eigenvalue weighted by atomic mass is 9.85. The predicted octanol–water partition coefficient (Wildman–Crippen LogP) is 2.61. The van der Waals surface area contributed by atoms with E-state index >= 15 is 0 Å². The van der Waals surface area contributed by atoms with Crippen molar-refractivity contribution in [2.75, 3.05) is 0 Å². The fourth-order valence-corrected chi connectivity index (χ4v) is 4.48. The second kappa shape index (κ2) is 6.59. The number of halogens is 1. The number of benzene rings is 1. The van der Waals surface area contributed by atoms with Gasteiger partial charge < -0.3 is 10.6 Å². The topological polar surface area (TPSA) is 41.1 Å². The molecule has 2 N–H and O–H groups in total. The summed E-state index contributed by atoms with van der Waals surface area (Å²) in [6.07, 6.45) is 8.23. The van der Waals surface area contributed by atoms with Crippen LogP contribution in [0.25, 0.3) is 0 Å². The highest BCUT2D eigenvalue weighted by atomic mass is 35.5. The van der Waals surface area contributed by atoms with Crippen LogP contribution in [0.4, 0.5) is 0 Å². The maximum atomic E-state index is 12.5. The third-order valence-electron chi connectivity index (χ3n) is 5.58. The second-order valence-corrected chi connectivity index (χ2v) is 6.99. The minimum Gasteiger partial charge on any atom is -0.351 e. The van der Waals surface area contributed by atoms with E-state index in [1.807, 2.05) is 0 Å². The molecular weight excluding hydrogens is 296 g/mol. The van der Waals surface area contributed by atoms with Gasteiger partial charge in [0, 0.05) is 12.1 Å². The van der Waals surface area contributed by atoms with Crippen molar-refractivity contribution in [2.24, 2.45) is 5.92 Å². The number of hydrogen-bond acceptors (Lipinski definition) is 2. The smallest absolute Gasteiger partial charge is 0.237 e. The molecule has 120 valence electrons. The van der Waals surface area contributed by atoms with E-state index < -0.39 is 0 Å². The number of hydrogen-bond donors (Lipinski definition) is 2. The van der Waals surface area contributed by atoms with E-state index in [1.54, 1.807) is 0 Å². The molecule has 0 bridgehead atoms. The Balaban J connectivity index is 0.00000144. The van der Waals surface area contributed by atoms with E-state index in [-0.39, 0.29) is 24.4 Å². The third kappa shape index (κ3) is 3.02. The van der Waals surface area contributed by atoms with Gasteiger partial charge in [0.25, 0.3) is 0 Å². The maximum Gasteiger partial charge on any atom is 0.237 e. The molecule has 1 aromatic rings. The average Bonchev–Trinajstić information content (AvgIpc) is 3.10. The van der Waals surface area contributed by atoms with Gasteiger partial charge in [0.05, 0.1) is 6.04 Å². The summed E-state index contributed by atoms with van der Waals surface area (Å²) in [6, 6.07) is 9.48. The van der Waals surface area contributed by atoms with Crippen LogP contribution in [-0.2, 0) is 17.6 Å². The van der Waals surface area contributed by atoms with Gasteiger partial charge in [-0.1, -0.05) is 37.1 Å². The first-order valence-electron chi connectivity index (χ1n) is 8.43. The lowest BCUT2D eigenvalue weighted by molar-refractivity contribution is -0.123. The molecule has 4 heteroatoms. The Morgan fingerprint density at radius 1 is 1.09 bits per heavy atom. The van der Waals surface area contributed by atoms with Gasteiger partial charge in [0.15, 0.2) is 0 Å². The quantitative estimate of drug-likeness (QED) is 0.879. The van der Waals surface area contributed by atoms with Crippen LogP contribution in [0.5, 0.6) is 0 Å². The molecule has 1 heterocycles. The molecule has 3 nitrogen and oxygen atoms in total. The van der Waals surface area contributed by atoms with E-state index in [0.717, 1.165) is 25.2 Å². The van der Waals surface area contributed by atoms with Gasteiger partial charge in [0.2, 0.25) is 5.91 Å². The summed E-state index contributed by atoms with van der Waals surface area (Å²) >= 11 is 0. The molecule has 3 unspecified atom stereocenters. The average molecular weight is 321 g/mol. The van der Waals surface area contributed by atoms with Gasteiger partial charge in [-0.3, -0.25) is 4.79 Å². The fraction of sp³-hybridized carbons (Fsp3) is 0.611. The summed E-state index contributed by atoms with van der Waals surface area (Å²) in [5.74, 6) is 0.956. The SMILES string of the molecule is Cl.O=C(NC1Cc2ccccc2C1)C1CC2CCCCC2N1. The summed E-state index contributed by atoms with van der Waals surface area (Å²) in [6.45, 7) is 0. The highest BCUT2D eigenvalue weighted by molar-refractivity contribution is 5.85. The molecule has 0 spiro atoms. The van der Waals surface area contributed by atoms with Crippen LogP contribution in [0.2, 0.25) is 0 Å². The van der Waals surface area contributed by atoms with Crippen molar-refractivity contribution in [1.82, 2.24) is 10.6 Å². The van der Waals surface area contributed by atoms with Gasteiger partial charge in [0.1, 0.15) is 0 Å². The summed E-state index contributed by atoms with van der Waals surface area (Å²) in [5, 5.41) is 6.85. The van der Waals surface area contributed by atoms with Crippen molar-refractivity contribution in [3.63, 3.8) is 0 Å². The lowest BCUT2D eigenvalue weighted by Gasteiger charge is -2.24. The summed E-state index contributed by atoms with van der Waals surface area (Å²) in [7, 11) is 0. The minimum absolute atomic E-state index is 0. The standard InChI is InChI=1S/C18H24N2O.ClH/c21-18(17-11-14-7-3-4-8-16(14)20-17)19-15-9-12-5-1-2-6-13(12)10-15;/h1-2,5-6,14-17,20H,3-4,7-11H2,(H,19,21);1H. The van der Waals surface area contributed by atoms with Crippen LogP contribution >= 0.6 is 12.4 Å². The number of carbonyl (C=O) groups is 1. The third-order valence-corrected chi connectivity index (χ3v) is 5.58. The van der Waals surface area contributed by atoms with E-state index in [9.17, 15) is 4.79 Å². The van der Waals surface area contributed by atoms with Crippen LogP contribution < -0.4 is 10.6 Å². The zero-order valence-electron chi connectivity index (χ0n) is 12.9. The molecule has 2 fully saturated rings. The molecule has 1 amide bonds. The van der Waals surface area contributed by atoms with Crippen molar-refractivity contribution < 1.29 is 4.79 Å². The van der Waals surface area contributed by atoms with E-state index in [1.165, 1.54) is 36.8 Å². The van der Waals surface area contributed by atoms with Crippen molar-refractivity contribution >= 4 is 18.3 Å². The number of nitrogens with one attached hydrogen (secondary N) is 2. The highest BCUT2D eigenvalue weighted by Crippen LogP contribution is 2.33. The molecule has 22 heavy (non-hydrogen) atoms. The zero-order chi connectivity index (χ0) is 14.2. The number of rotatable bonds is 2. The second-order valence-electron chi connectivity index (χ2n) is 6.99. The first-order chi connectivity index (χ1) is 10.3. The Morgan fingerprint density at radius 2 is 1.77 bits per heavy atom. The van der Waals surface area contributed by atoms with Crippen molar-refractivity contribution in [3.8, 4) is 0 Å². The normalized spacial score (nSPS) is 30.3. The van der Waals surface area contributed by atoms with Gasteiger partial charge in [-0.2, -0.15) is 0 Å². The molecule has 3 aliphatic rings. The fourth-order valence-electron chi connectivity index (χ4n) is 4.48. The van der Waals surface area contributed by atoms with Crippen LogP contribution in [0.15, 0.2) is 24.3 Å². The summed E-state index contributed by atoms with van der Waals surface area (Å²) in [4.78, 5) is 12.5. The maximum absolute atomic E-state index is 12.5. The van der Waals surface area contributed by atoms with Gasteiger partial charge in [-0.25, -0.2) is 0 Å². The predicted molar refractivity (Wildman–Crippen MR) is 90.3 cm³/mol. The lowest BCUT2D eigenvalue weighted by Crippen LogP contribution is -2.47. The number of carbonyl (C=O) groups excluding carboxylic acids is 1. The monoisotopic (exact) mass is 320 g/mol. The minimum atomic E-state index is 0. The Morgan fingerprint density at radius 3 is 2.45 bits per heavy atom. The Hall–Kier alpha value is -1.06. The Kier molecular flexibility index (Phi) is 4.74. The van der Waals surface area contributed by atoms with Gasteiger partial charge in [-0.15, -0.1) is 12.4 Å². The van der Waals surface area contributed by atoms with Crippen LogP contribution in [-0.4, -0.2) is 24.0 Å². The van der Waals surface area contributed by atoms with Gasteiger partial charge >= 0.3 is 0 Å². The largest absolute Gasteiger partial charge is 0.351 e. The molecule has 2 aliphatic carbocycles. The summed E-state index contributed by atoms with van der Waals surface area (Å²) < 4.78 is 0. The highest BCUT2D eigenvalue weighted by Gasteiger charge is 2.38. The number of amides is 1. The Labute approximate surface area is 138 Å². The molecule has 0 radical (unpaired) electrons. The molecule has 1 saturated heterocycles. The van der Waals surface area contributed by atoms with Crippen LogP contribution in [0.1, 0.15) is 43.2 Å². The van der Waals surface area contributed by atoms with Crippen molar-refractivity contribution in [1.29, 1.82) is 0 Å². The molecule has 0 aromatic heterocycles. The summed E-state index contributed by atoms with van der Waals surface area (Å²) in [5.41, 5.74) is 2.80.